The van der Waals surface area contributed by atoms with E-state index < -0.39 is 11.2 Å². The molecule has 2 aromatic carbocycles. The van der Waals surface area contributed by atoms with E-state index in [9.17, 15) is 14.4 Å². The molecular weight excluding hydrogens is 404 g/mol. The van der Waals surface area contributed by atoms with Crippen LogP contribution in [0.25, 0.3) is 0 Å². The zero-order valence-electron chi connectivity index (χ0n) is 18.8. The van der Waals surface area contributed by atoms with E-state index in [1.54, 1.807) is 6.92 Å². The highest BCUT2D eigenvalue weighted by atomic mass is 16.2. The minimum Gasteiger partial charge on any atom is -0.384 e. The second kappa shape index (κ2) is 10.2. The Kier molecular flexibility index (Phi) is 7.43. The number of anilines is 1. The van der Waals surface area contributed by atoms with Gasteiger partial charge in [-0.3, -0.25) is 23.6 Å². The smallest absolute Gasteiger partial charge is 0.332 e. The first-order valence-corrected chi connectivity index (χ1v) is 10.8. The van der Waals surface area contributed by atoms with Gasteiger partial charge in [0.05, 0.1) is 13.1 Å². The number of aromatic nitrogens is 2. The molecule has 0 saturated carbocycles. The molecule has 7 nitrogen and oxygen atoms in total. The second-order valence-electron chi connectivity index (χ2n) is 8.07. The van der Waals surface area contributed by atoms with Gasteiger partial charge in [-0.15, -0.1) is 0 Å². The third kappa shape index (κ3) is 5.06. The molecule has 32 heavy (non-hydrogen) atoms. The summed E-state index contributed by atoms with van der Waals surface area (Å²) in [6, 6.07) is 19.3. The molecule has 0 saturated heterocycles. The molecule has 0 atom stereocenters. The van der Waals surface area contributed by atoms with Gasteiger partial charge in [0.25, 0.3) is 5.56 Å². The van der Waals surface area contributed by atoms with Crippen molar-refractivity contribution in [2.75, 3.05) is 12.3 Å². The van der Waals surface area contributed by atoms with Crippen LogP contribution in [-0.4, -0.2) is 32.4 Å². The predicted octanol–water partition coefficient (Wildman–Crippen LogP) is 2.75. The van der Waals surface area contributed by atoms with E-state index in [4.69, 9.17) is 5.73 Å². The number of carbonyl (C=O) groups is 1. The summed E-state index contributed by atoms with van der Waals surface area (Å²) in [5.74, 6) is -0.469. The number of nitrogen functional groups attached to an aromatic ring is 1. The average Bonchev–Trinajstić information content (AvgIpc) is 2.78. The summed E-state index contributed by atoms with van der Waals surface area (Å²) in [5.41, 5.74) is 6.93. The molecule has 168 valence electrons. The molecule has 0 aliphatic heterocycles. The number of Topliss-reactive ketones (excluding diaryl/α,β-unsaturated/α-hetero) is 1. The summed E-state index contributed by atoms with van der Waals surface area (Å²) in [6.45, 7) is 6.64. The van der Waals surface area contributed by atoms with Crippen LogP contribution in [0.2, 0.25) is 0 Å². The van der Waals surface area contributed by atoms with Crippen LogP contribution in [0.5, 0.6) is 0 Å². The fraction of sp³-hybridized carbons (Fsp3) is 0.320. The minimum absolute atomic E-state index is 0.0270. The van der Waals surface area contributed by atoms with E-state index in [0.717, 1.165) is 15.7 Å². The van der Waals surface area contributed by atoms with Gasteiger partial charge in [-0.05, 0) is 31.9 Å². The molecule has 0 aliphatic rings. The molecule has 0 aliphatic carbocycles. The lowest BCUT2D eigenvalue weighted by Crippen LogP contribution is -2.45. The summed E-state index contributed by atoms with van der Waals surface area (Å²) in [7, 11) is 0. The van der Waals surface area contributed by atoms with Gasteiger partial charge in [-0.1, -0.05) is 60.7 Å². The molecule has 2 N–H and O–H groups in total. The SMILES string of the molecule is CCn1c(=O)c(C(=O)CN(Cc2ccccc2)C(C)C)c(N)n(Cc2ccccc2)c1=O. The van der Waals surface area contributed by atoms with Gasteiger partial charge in [0.2, 0.25) is 0 Å². The fourth-order valence-electron chi connectivity index (χ4n) is 3.68. The lowest BCUT2D eigenvalue weighted by Gasteiger charge is -2.26. The molecule has 0 fully saturated rings. The molecule has 0 radical (unpaired) electrons. The van der Waals surface area contributed by atoms with E-state index in [1.807, 2.05) is 79.4 Å². The van der Waals surface area contributed by atoms with Gasteiger partial charge in [0, 0.05) is 19.1 Å². The molecule has 1 heterocycles. The van der Waals surface area contributed by atoms with Gasteiger partial charge in [-0.25, -0.2) is 4.79 Å². The zero-order chi connectivity index (χ0) is 23.3. The molecule has 3 aromatic rings. The van der Waals surface area contributed by atoms with Gasteiger partial charge in [0.15, 0.2) is 5.78 Å². The maximum atomic E-state index is 13.3. The zero-order valence-corrected chi connectivity index (χ0v) is 18.8. The second-order valence-corrected chi connectivity index (χ2v) is 8.07. The lowest BCUT2D eigenvalue weighted by molar-refractivity contribution is 0.0896. The highest BCUT2D eigenvalue weighted by Gasteiger charge is 2.25. The highest BCUT2D eigenvalue weighted by molar-refractivity contribution is 6.01. The number of ketones is 1. The normalized spacial score (nSPS) is 11.3. The van der Waals surface area contributed by atoms with Crippen LogP contribution in [0.3, 0.4) is 0 Å². The van der Waals surface area contributed by atoms with E-state index in [1.165, 1.54) is 4.57 Å². The maximum Gasteiger partial charge on any atom is 0.332 e. The van der Waals surface area contributed by atoms with Crippen LogP contribution in [0.4, 0.5) is 5.82 Å². The topological polar surface area (TPSA) is 90.3 Å². The molecule has 3 rings (SSSR count). The van der Waals surface area contributed by atoms with Crippen molar-refractivity contribution in [2.24, 2.45) is 0 Å². The predicted molar refractivity (Wildman–Crippen MR) is 127 cm³/mol. The average molecular weight is 435 g/mol. The Morgan fingerprint density at radius 1 is 0.938 bits per heavy atom. The van der Waals surface area contributed by atoms with E-state index >= 15 is 0 Å². The minimum atomic E-state index is -0.632. The van der Waals surface area contributed by atoms with Crippen molar-refractivity contribution in [1.29, 1.82) is 0 Å². The molecular formula is C25H30N4O3. The van der Waals surface area contributed by atoms with Crippen molar-refractivity contribution < 1.29 is 4.79 Å². The van der Waals surface area contributed by atoms with Crippen LogP contribution in [0, 0.1) is 0 Å². The summed E-state index contributed by atoms with van der Waals surface area (Å²) >= 11 is 0. The van der Waals surface area contributed by atoms with Crippen LogP contribution < -0.4 is 17.0 Å². The molecule has 7 heteroatoms. The van der Waals surface area contributed by atoms with Gasteiger partial charge < -0.3 is 5.73 Å². The quantitative estimate of drug-likeness (QED) is 0.523. The first-order chi connectivity index (χ1) is 15.3. The Morgan fingerprint density at radius 2 is 1.50 bits per heavy atom. The fourth-order valence-corrected chi connectivity index (χ4v) is 3.68. The molecule has 0 amide bonds. The Balaban J connectivity index is 1.99. The maximum absolute atomic E-state index is 13.3. The number of benzene rings is 2. The number of carbonyl (C=O) groups excluding carboxylic acids is 1. The van der Waals surface area contributed by atoms with Crippen LogP contribution in [-0.2, 0) is 19.6 Å². The van der Waals surface area contributed by atoms with Gasteiger partial charge >= 0.3 is 5.69 Å². The van der Waals surface area contributed by atoms with Crippen molar-refractivity contribution in [2.45, 2.75) is 46.4 Å². The summed E-state index contributed by atoms with van der Waals surface area (Å²) in [6.07, 6.45) is 0. The highest BCUT2D eigenvalue weighted by Crippen LogP contribution is 2.13. The van der Waals surface area contributed by atoms with Crippen LogP contribution in [0.15, 0.2) is 70.3 Å². The van der Waals surface area contributed by atoms with Crippen molar-refractivity contribution in [3.8, 4) is 0 Å². The van der Waals surface area contributed by atoms with Crippen molar-refractivity contribution >= 4 is 11.6 Å². The van der Waals surface area contributed by atoms with Crippen molar-refractivity contribution in [1.82, 2.24) is 14.0 Å². The Labute approximate surface area is 187 Å². The number of nitrogens with two attached hydrogens (primary N) is 1. The monoisotopic (exact) mass is 434 g/mol. The van der Waals surface area contributed by atoms with E-state index in [-0.39, 0.29) is 42.8 Å². The summed E-state index contributed by atoms with van der Waals surface area (Å²) < 4.78 is 2.38. The molecule has 0 spiro atoms. The van der Waals surface area contributed by atoms with Gasteiger partial charge in [-0.2, -0.15) is 0 Å². The number of hydrogen-bond donors (Lipinski definition) is 1. The molecule has 0 unspecified atom stereocenters. The van der Waals surface area contributed by atoms with Crippen LogP contribution >= 0.6 is 0 Å². The summed E-state index contributed by atoms with van der Waals surface area (Å²) in [4.78, 5) is 41.3. The largest absolute Gasteiger partial charge is 0.384 e. The molecule has 1 aromatic heterocycles. The molecule has 0 bridgehead atoms. The third-order valence-corrected chi connectivity index (χ3v) is 5.55. The van der Waals surface area contributed by atoms with Crippen LogP contribution in [0.1, 0.15) is 42.3 Å². The first-order valence-electron chi connectivity index (χ1n) is 10.8. The number of rotatable bonds is 9. The van der Waals surface area contributed by atoms with Crippen molar-refractivity contribution in [3.63, 3.8) is 0 Å². The first kappa shape index (κ1) is 23.2. The number of hydrogen-bond acceptors (Lipinski definition) is 5. The third-order valence-electron chi connectivity index (χ3n) is 5.55. The van der Waals surface area contributed by atoms with Gasteiger partial charge in [0.1, 0.15) is 11.4 Å². The summed E-state index contributed by atoms with van der Waals surface area (Å²) in [5, 5.41) is 0. The Morgan fingerprint density at radius 3 is 2.03 bits per heavy atom. The lowest BCUT2D eigenvalue weighted by atomic mass is 10.1. The standard InChI is InChI=1S/C25H30N4O3/c1-4-28-24(31)22(23(26)29(25(28)32)16-20-13-9-6-10-14-20)21(30)17-27(18(2)3)15-19-11-7-5-8-12-19/h5-14,18H,4,15-17,26H2,1-3H3. The Bertz CT molecular complexity index is 1180. The van der Waals surface area contributed by atoms with E-state index in [0.29, 0.717) is 6.54 Å². The number of nitrogens with zero attached hydrogens (tertiary/aromatic N) is 3. The Hall–Kier alpha value is -3.45. The van der Waals surface area contributed by atoms with E-state index in [2.05, 4.69) is 0 Å². The van der Waals surface area contributed by atoms with Crippen molar-refractivity contribution in [3.05, 3.63) is 98.2 Å².